The van der Waals surface area contributed by atoms with E-state index in [1.54, 1.807) is 36.4 Å². The summed E-state index contributed by atoms with van der Waals surface area (Å²) in [6.45, 7) is 2.34. The number of piperazine rings is 1. The highest BCUT2D eigenvalue weighted by Crippen LogP contribution is 2.34. The van der Waals surface area contributed by atoms with E-state index in [2.05, 4.69) is 20.2 Å². The normalized spacial score (nSPS) is 13.9. The van der Waals surface area contributed by atoms with Crippen LogP contribution in [-0.4, -0.2) is 41.1 Å². The van der Waals surface area contributed by atoms with E-state index in [9.17, 15) is 14.5 Å². The summed E-state index contributed by atoms with van der Waals surface area (Å²) in [7, 11) is 0. The van der Waals surface area contributed by atoms with Gasteiger partial charge in [-0.3, -0.25) is 10.1 Å². The van der Waals surface area contributed by atoms with E-state index in [1.165, 1.54) is 18.5 Å². The fourth-order valence-electron chi connectivity index (χ4n) is 3.36. The molecule has 1 aliphatic heterocycles. The standard InChI is InChI=1S/C20H18ClFN6O2/c21-14-1-5-16(6-2-14)25-19-18(28(29)30)20(24-13-23-19)27-11-9-26(10-12-27)17-7-3-15(22)4-8-17/h1-8,13H,9-12H2,(H,23,24,25). The number of anilines is 4. The van der Waals surface area contributed by atoms with Gasteiger partial charge in [0.1, 0.15) is 12.1 Å². The molecular weight excluding hydrogens is 411 g/mol. The number of nitrogens with zero attached hydrogens (tertiary/aromatic N) is 5. The third-order valence-corrected chi connectivity index (χ3v) is 5.12. The third kappa shape index (κ3) is 4.25. The van der Waals surface area contributed by atoms with Gasteiger partial charge in [0.15, 0.2) is 0 Å². The average molecular weight is 429 g/mol. The summed E-state index contributed by atoms with van der Waals surface area (Å²) < 4.78 is 13.2. The van der Waals surface area contributed by atoms with Crippen molar-refractivity contribution in [2.75, 3.05) is 41.3 Å². The second-order valence-corrected chi connectivity index (χ2v) is 7.17. The van der Waals surface area contributed by atoms with Crippen molar-refractivity contribution in [2.24, 2.45) is 0 Å². The Morgan fingerprint density at radius 2 is 1.60 bits per heavy atom. The SMILES string of the molecule is O=[N+]([O-])c1c(Nc2ccc(Cl)cc2)ncnc1N1CCN(c2ccc(F)cc2)CC1. The average Bonchev–Trinajstić information content (AvgIpc) is 2.76. The molecule has 2 aromatic carbocycles. The van der Waals surface area contributed by atoms with Gasteiger partial charge in [0, 0.05) is 42.6 Å². The van der Waals surface area contributed by atoms with Crippen LogP contribution in [0.1, 0.15) is 0 Å². The maximum atomic E-state index is 13.2. The van der Waals surface area contributed by atoms with Crippen LogP contribution in [0.2, 0.25) is 5.02 Å². The highest BCUT2D eigenvalue weighted by atomic mass is 35.5. The van der Waals surface area contributed by atoms with Gasteiger partial charge in [0.25, 0.3) is 0 Å². The van der Waals surface area contributed by atoms with Crippen molar-refractivity contribution in [3.8, 4) is 0 Å². The second-order valence-electron chi connectivity index (χ2n) is 6.73. The Bertz CT molecular complexity index is 1040. The van der Waals surface area contributed by atoms with Gasteiger partial charge >= 0.3 is 5.69 Å². The Morgan fingerprint density at radius 1 is 0.967 bits per heavy atom. The number of rotatable bonds is 5. The molecule has 4 rings (SSSR count). The molecule has 8 nitrogen and oxygen atoms in total. The summed E-state index contributed by atoms with van der Waals surface area (Å²) in [6.07, 6.45) is 1.31. The zero-order valence-corrected chi connectivity index (χ0v) is 16.6. The molecule has 154 valence electrons. The molecule has 2 heterocycles. The zero-order chi connectivity index (χ0) is 21.1. The first kappa shape index (κ1) is 19.8. The Balaban J connectivity index is 1.54. The Morgan fingerprint density at radius 3 is 2.23 bits per heavy atom. The van der Waals surface area contributed by atoms with Crippen molar-refractivity contribution in [1.29, 1.82) is 0 Å². The van der Waals surface area contributed by atoms with Crippen molar-refractivity contribution in [3.05, 3.63) is 75.8 Å². The van der Waals surface area contributed by atoms with E-state index in [-0.39, 0.29) is 23.1 Å². The van der Waals surface area contributed by atoms with Crippen molar-refractivity contribution >= 4 is 40.3 Å². The number of nitrogens with one attached hydrogen (secondary N) is 1. The molecule has 1 N–H and O–H groups in total. The number of hydrogen-bond acceptors (Lipinski definition) is 7. The third-order valence-electron chi connectivity index (χ3n) is 4.86. The molecule has 0 atom stereocenters. The zero-order valence-electron chi connectivity index (χ0n) is 15.8. The van der Waals surface area contributed by atoms with Crippen molar-refractivity contribution < 1.29 is 9.31 Å². The van der Waals surface area contributed by atoms with E-state index in [1.807, 2.05) is 4.90 Å². The summed E-state index contributed by atoms with van der Waals surface area (Å²) in [4.78, 5) is 23.6. The van der Waals surface area contributed by atoms with Gasteiger partial charge in [0.05, 0.1) is 4.92 Å². The minimum absolute atomic E-state index is 0.119. The van der Waals surface area contributed by atoms with Gasteiger partial charge in [-0.2, -0.15) is 0 Å². The summed E-state index contributed by atoms with van der Waals surface area (Å²) in [5.41, 5.74) is 1.37. The molecule has 3 aromatic rings. The van der Waals surface area contributed by atoms with Gasteiger partial charge in [-0.1, -0.05) is 11.6 Å². The van der Waals surface area contributed by atoms with Gasteiger partial charge in [-0.15, -0.1) is 0 Å². The first-order valence-electron chi connectivity index (χ1n) is 9.29. The maximum Gasteiger partial charge on any atom is 0.353 e. The van der Waals surface area contributed by atoms with Crippen LogP contribution in [0.3, 0.4) is 0 Å². The number of benzene rings is 2. The van der Waals surface area contributed by atoms with Crippen molar-refractivity contribution in [3.63, 3.8) is 0 Å². The lowest BCUT2D eigenvalue weighted by atomic mass is 10.2. The van der Waals surface area contributed by atoms with E-state index < -0.39 is 4.92 Å². The fourth-order valence-corrected chi connectivity index (χ4v) is 3.48. The number of aromatic nitrogens is 2. The molecule has 30 heavy (non-hydrogen) atoms. The van der Waals surface area contributed by atoms with Gasteiger partial charge in [-0.05, 0) is 48.5 Å². The Hall–Kier alpha value is -3.46. The lowest BCUT2D eigenvalue weighted by Crippen LogP contribution is -2.47. The highest BCUT2D eigenvalue weighted by Gasteiger charge is 2.29. The monoisotopic (exact) mass is 428 g/mol. The van der Waals surface area contributed by atoms with Crippen LogP contribution < -0.4 is 15.1 Å². The molecular formula is C20H18ClFN6O2. The van der Waals surface area contributed by atoms with E-state index in [0.717, 1.165) is 5.69 Å². The van der Waals surface area contributed by atoms with Crippen LogP contribution in [-0.2, 0) is 0 Å². The van der Waals surface area contributed by atoms with Gasteiger partial charge < -0.3 is 15.1 Å². The van der Waals surface area contributed by atoms with Crippen LogP contribution >= 0.6 is 11.6 Å². The number of nitro groups is 1. The van der Waals surface area contributed by atoms with Crippen LogP contribution in [0.15, 0.2) is 54.9 Å². The largest absolute Gasteiger partial charge is 0.368 e. The van der Waals surface area contributed by atoms with Crippen molar-refractivity contribution in [2.45, 2.75) is 0 Å². The second kappa shape index (κ2) is 8.50. The predicted octanol–water partition coefficient (Wildman–Crippen LogP) is 4.25. The summed E-state index contributed by atoms with van der Waals surface area (Å²) in [5.74, 6) is 0.105. The maximum absolute atomic E-state index is 13.2. The first-order chi connectivity index (χ1) is 14.5. The van der Waals surface area contributed by atoms with E-state index >= 15 is 0 Å². The minimum Gasteiger partial charge on any atom is -0.368 e. The fraction of sp³-hybridized carbons (Fsp3) is 0.200. The van der Waals surface area contributed by atoms with Crippen LogP contribution in [0.4, 0.5) is 33.1 Å². The van der Waals surface area contributed by atoms with Gasteiger partial charge in [0.2, 0.25) is 11.6 Å². The molecule has 0 radical (unpaired) electrons. The summed E-state index contributed by atoms with van der Waals surface area (Å²) in [5, 5.41) is 15.4. The van der Waals surface area contributed by atoms with Crippen LogP contribution in [0.5, 0.6) is 0 Å². The van der Waals surface area contributed by atoms with Crippen LogP contribution in [0, 0.1) is 15.9 Å². The topological polar surface area (TPSA) is 87.4 Å². The lowest BCUT2D eigenvalue weighted by Gasteiger charge is -2.36. The Labute approximate surface area is 177 Å². The highest BCUT2D eigenvalue weighted by molar-refractivity contribution is 6.30. The lowest BCUT2D eigenvalue weighted by molar-refractivity contribution is -0.383. The first-order valence-corrected chi connectivity index (χ1v) is 9.66. The molecule has 1 saturated heterocycles. The smallest absolute Gasteiger partial charge is 0.353 e. The predicted molar refractivity (Wildman–Crippen MR) is 114 cm³/mol. The number of halogens is 2. The van der Waals surface area contributed by atoms with Crippen LogP contribution in [0.25, 0.3) is 0 Å². The molecule has 0 spiro atoms. The minimum atomic E-state index is -0.472. The number of hydrogen-bond donors (Lipinski definition) is 1. The molecule has 0 unspecified atom stereocenters. The Kier molecular flexibility index (Phi) is 5.62. The summed E-state index contributed by atoms with van der Waals surface area (Å²) >= 11 is 5.90. The molecule has 1 aromatic heterocycles. The van der Waals surface area contributed by atoms with E-state index in [4.69, 9.17) is 11.6 Å². The molecule has 1 aliphatic rings. The molecule has 10 heteroatoms. The molecule has 0 amide bonds. The summed E-state index contributed by atoms with van der Waals surface area (Å²) in [6, 6.07) is 13.1. The van der Waals surface area contributed by atoms with Crippen molar-refractivity contribution in [1.82, 2.24) is 9.97 Å². The van der Waals surface area contributed by atoms with E-state index in [0.29, 0.717) is 36.9 Å². The molecule has 0 saturated carbocycles. The molecule has 1 fully saturated rings. The van der Waals surface area contributed by atoms with Gasteiger partial charge in [-0.25, -0.2) is 14.4 Å². The molecule has 0 bridgehead atoms. The quantitative estimate of drug-likeness (QED) is 0.480. The molecule has 0 aliphatic carbocycles.